The lowest BCUT2D eigenvalue weighted by atomic mass is 10.2. The normalized spacial score (nSPS) is 13.7. The minimum Gasteiger partial charge on any atom is -0.495 e. The van der Waals surface area contributed by atoms with Crippen molar-refractivity contribution >= 4 is 58.2 Å². The number of halogens is 2. The van der Waals surface area contributed by atoms with E-state index in [0.717, 1.165) is 15.4 Å². The molecule has 8 heteroatoms. The van der Waals surface area contributed by atoms with Crippen molar-refractivity contribution in [2.45, 2.75) is 11.8 Å². The van der Waals surface area contributed by atoms with Crippen molar-refractivity contribution < 1.29 is 14.3 Å². The summed E-state index contributed by atoms with van der Waals surface area (Å²) in [6.07, 6.45) is 0. The number of benzene rings is 3. The molecule has 2 amide bonds. The van der Waals surface area contributed by atoms with Crippen LogP contribution in [0, 0.1) is 6.92 Å². The molecule has 0 radical (unpaired) electrons. The Kier molecular flexibility index (Phi) is 6.46. The number of anilines is 2. The molecule has 0 atom stereocenters. The number of nitrogens with zero attached hydrogens (tertiary/aromatic N) is 1. The summed E-state index contributed by atoms with van der Waals surface area (Å²) in [5.41, 5.74) is 1.94. The minimum atomic E-state index is -0.509. The van der Waals surface area contributed by atoms with Gasteiger partial charge in [-0.2, -0.15) is 0 Å². The molecule has 1 heterocycles. The van der Waals surface area contributed by atoms with Crippen molar-refractivity contribution in [3.8, 4) is 5.75 Å². The fraction of sp³-hybridized carbons (Fsp3) is 0.0833. The Balaban J connectivity index is 1.79. The van der Waals surface area contributed by atoms with Crippen LogP contribution in [0.25, 0.3) is 0 Å². The molecule has 0 fully saturated rings. The molecule has 0 spiro atoms. The molecule has 4 rings (SSSR count). The van der Waals surface area contributed by atoms with Gasteiger partial charge in [0, 0.05) is 20.6 Å². The first-order chi connectivity index (χ1) is 15.4. The molecule has 0 aliphatic carbocycles. The van der Waals surface area contributed by atoms with Gasteiger partial charge in [-0.3, -0.25) is 9.59 Å². The van der Waals surface area contributed by atoms with E-state index in [-0.39, 0.29) is 16.3 Å². The molecule has 0 saturated heterocycles. The molecule has 5 nitrogen and oxygen atoms in total. The highest BCUT2D eigenvalue weighted by Crippen LogP contribution is 2.41. The summed E-state index contributed by atoms with van der Waals surface area (Å²) >= 11 is 13.6. The number of rotatable bonds is 6. The number of methoxy groups -OCH3 is 1. The predicted molar refractivity (Wildman–Crippen MR) is 130 cm³/mol. The lowest BCUT2D eigenvalue weighted by Crippen LogP contribution is -2.32. The number of carbonyl (C=O) groups excluding carboxylic acids is 2. The summed E-state index contributed by atoms with van der Waals surface area (Å²) in [7, 11) is 1.47. The lowest BCUT2D eigenvalue weighted by molar-refractivity contribution is -0.120. The molecule has 0 aromatic heterocycles. The number of ether oxygens (including phenoxy) is 1. The summed E-state index contributed by atoms with van der Waals surface area (Å²) in [6, 6.07) is 19.5. The van der Waals surface area contributed by atoms with Crippen LogP contribution in [0.4, 0.5) is 11.4 Å². The van der Waals surface area contributed by atoms with Gasteiger partial charge in [-0.1, -0.05) is 59.2 Å². The Morgan fingerprint density at radius 2 is 1.69 bits per heavy atom. The van der Waals surface area contributed by atoms with E-state index in [0.29, 0.717) is 21.5 Å². The third-order valence-electron chi connectivity index (χ3n) is 4.83. The second-order valence-corrected chi connectivity index (χ2v) is 8.90. The first kappa shape index (κ1) is 22.3. The number of hydrogen-bond donors (Lipinski definition) is 1. The Bertz CT molecular complexity index is 1250. The molecule has 1 aliphatic heterocycles. The average Bonchev–Trinajstić information content (AvgIpc) is 3.01. The summed E-state index contributed by atoms with van der Waals surface area (Å²) in [5.74, 6) is -0.615. The van der Waals surface area contributed by atoms with E-state index >= 15 is 0 Å². The Morgan fingerprint density at radius 1 is 0.938 bits per heavy atom. The molecular formula is C24H18Cl2N2O3S. The van der Waals surface area contributed by atoms with Crippen LogP contribution < -0.4 is 15.0 Å². The van der Waals surface area contributed by atoms with Crippen molar-refractivity contribution in [1.82, 2.24) is 0 Å². The lowest BCUT2D eigenvalue weighted by Gasteiger charge is -2.18. The van der Waals surface area contributed by atoms with E-state index in [9.17, 15) is 9.59 Å². The highest BCUT2D eigenvalue weighted by atomic mass is 35.5. The van der Waals surface area contributed by atoms with Crippen molar-refractivity contribution in [2.75, 3.05) is 17.3 Å². The largest absolute Gasteiger partial charge is 0.495 e. The number of nitrogens with one attached hydrogen (secondary N) is 1. The van der Waals surface area contributed by atoms with Crippen LogP contribution in [0.5, 0.6) is 5.75 Å². The highest BCUT2D eigenvalue weighted by Gasteiger charge is 2.41. The van der Waals surface area contributed by atoms with Crippen molar-refractivity contribution in [3.05, 3.63) is 92.9 Å². The zero-order chi connectivity index (χ0) is 22.8. The maximum Gasteiger partial charge on any atom is 0.283 e. The maximum absolute atomic E-state index is 13.5. The Labute approximate surface area is 200 Å². The van der Waals surface area contributed by atoms with Crippen LogP contribution in [-0.2, 0) is 9.59 Å². The second-order valence-electron chi connectivity index (χ2n) is 6.97. The van der Waals surface area contributed by atoms with E-state index in [4.69, 9.17) is 27.9 Å². The second kappa shape index (κ2) is 9.28. The topological polar surface area (TPSA) is 58.6 Å². The minimum absolute atomic E-state index is 0.158. The van der Waals surface area contributed by atoms with Gasteiger partial charge in [0.05, 0.1) is 12.8 Å². The third kappa shape index (κ3) is 4.35. The summed E-state index contributed by atoms with van der Waals surface area (Å²) in [5, 5.41) is 4.03. The summed E-state index contributed by atoms with van der Waals surface area (Å²) in [6.45, 7) is 1.89. The third-order valence-corrected chi connectivity index (χ3v) is 6.56. The zero-order valence-electron chi connectivity index (χ0n) is 17.2. The molecule has 3 aromatic carbocycles. The van der Waals surface area contributed by atoms with Crippen LogP contribution in [0.3, 0.4) is 0 Å². The molecule has 1 N–H and O–H groups in total. The van der Waals surface area contributed by atoms with Crippen LogP contribution >= 0.6 is 35.0 Å². The van der Waals surface area contributed by atoms with Gasteiger partial charge in [0.1, 0.15) is 16.4 Å². The fourth-order valence-electron chi connectivity index (χ4n) is 3.19. The predicted octanol–water partition coefficient (Wildman–Crippen LogP) is 6.30. The highest BCUT2D eigenvalue weighted by molar-refractivity contribution is 8.04. The number of carbonyl (C=O) groups is 2. The van der Waals surface area contributed by atoms with Crippen LogP contribution in [0.1, 0.15) is 5.56 Å². The van der Waals surface area contributed by atoms with E-state index in [1.165, 1.54) is 24.9 Å². The molecule has 162 valence electrons. The number of hydrogen-bond acceptors (Lipinski definition) is 5. The van der Waals surface area contributed by atoms with Crippen LogP contribution in [0.15, 0.2) is 82.2 Å². The summed E-state index contributed by atoms with van der Waals surface area (Å²) < 4.78 is 5.38. The molecular weight excluding hydrogens is 467 g/mol. The maximum atomic E-state index is 13.5. The number of imide groups is 1. The number of aryl methyl sites for hydroxylation is 1. The zero-order valence-corrected chi connectivity index (χ0v) is 19.5. The van der Waals surface area contributed by atoms with Crippen molar-refractivity contribution in [2.24, 2.45) is 0 Å². The SMILES string of the molecule is COc1ccc(Cl)cc1N1C(=O)C(Nc2ccc(C)c(Cl)c2)=C(Sc2ccccc2)C1=O. The molecule has 32 heavy (non-hydrogen) atoms. The van der Waals surface area contributed by atoms with E-state index in [1.54, 1.807) is 24.3 Å². The number of thioether (sulfide) groups is 1. The van der Waals surface area contributed by atoms with Gasteiger partial charge in [-0.15, -0.1) is 0 Å². The quantitative estimate of drug-likeness (QED) is 0.416. The number of amides is 2. The van der Waals surface area contributed by atoms with Gasteiger partial charge in [-0.05, 0) is 55.0 Å². The first-order valence-electron chi connectivity index (χ1n) is 9.61. The Morgan fingerprint density at radius 3 is 2.38 bits per heavy atom. The van der Waals surface area contributed by atoms with Gasteiger partial charge in [0.2, 0.25) is 0 Å². The Hall–Kier alpha value is -2.93. The van der Waals surface area contributed by atoms with Crippen molar-refractivity contribution in [3.63, 3.8) is 0 Å². The van der Waals surface area contributed by atoms with Gasteiger partial charge >= 0.3 is 0 Å². The van der Waals surface area contributed by atoms with Crippen LogP contribution in [0.2, 0.25) is 10.0 Å². The molecule has 0 unspecified atom stereocenters. The molecule has 3 aromatic rings. The fourth-order valence-corrected chi connectivity index (χ4v) is 4.49. The van der Waals surface area contributed by atoms with Gasteiger partial charge in [-0.25, -0.2) is 4.90 Å². The van der Waals surface area contributed by atoms with Crippen LogP contribution in [-0.4, -0.2) is 18.9 Å². The smallest absolute Gasteiger partial charge is 0.283 e. The van der Waals surface area contributed by atoms with Gasteiger partial charge in [0.15, 0.2) is 0 Å². The summed E-state index contributed by atoms with van der Waals surface area (Å²) in [4.78, 5) is 29.1. The van der Waals surface area contributed by atoms with E-state index in [2.05, 4.69) is 5.32 Å². The monoisotopic (exact) mass is 484 g/mol. The van der Waals surface area contributed by atoms with E-state index in [1.807, 2.05) is 43.3 Å². The first-order valence-corrected chi connectivity index (χ1v) is 11.2. The van der Waals surface area contributed by atoms with Gasteiger partial charge < -0.3 is 10.1 Å². The molecule has 0 bridgehead atoms. The van der Waals surface area contributed by atoms with Crippen molar-refractivity contribution in [1.29, 1.82) is 0 Å². The molecule has 1 aliphatic rings. The standard InChI is InChI=1S/C24H18Cl2N2O3S/c1-14-8-10-16(13-18(14)26)27-21-22(32-17-6-4-3-5-7-17)24(30)28(23(21)29)19-12-15(25)9-11-20(19)31-2/h3-13,27H,1-2H3. The van der Waals surface area contributed by atoms with E-state index < -0.39 is 11.8 Å². The molecule has 0 saturated carbocycles. The average molecular weight is 485 g/mol. The van der Waals surface area contributed by atoms with Gasteiger partial charge in [0.25, 0.3) is 11.8 Å².